The molecule has 0 saturated carbocycles. The number of benzene rings is 1. The first kappa shape index (κ1) is 15.7. The van der Waals surface area contributed by atoms with Gasteiger partial charge in [0.2, 0.25) is 0 Å². The quantitative estimate of drug-likeness (QED) is 0.729. The maximum atomic E-state index is 13.4. The average Bonchev–Trinajstić information content (AvgIpc) is 2.67. The molecule has 1 unspecified atom stereocenters. The molecule has 1 atom stereocenters. The molecular weight excluding hydrogens is 319 g/mol. The number of hydrogen-bond acceptors (Lipinski definition) is 5. The third kappa shape index (κ3) is 3.52. The van der Waals surface area contributed by atoms with Crippen molar-refractivity contribution < 1.29 is 9.13 Å². The van der Waals surface area contributed by atoms with Crippen LogP contribution in [-0.4, -0.2) is 34.6 Å². The van der Waals surface area contributed by atoms with Gasteiger partial charge in [-0.25, -0.2) is 14.4 Å². The van der Waals surface area contributed by atoms with Gasteiger partial charge in [-0.1, -0.05) is 0 Å². The van der Waals surface area contributed by atoms with Crippen molar-refractivity contribution in [2.45, 2.75) is 12.8 Å². The zero-order valence-corrected chi connectivity index (χ0v) is 13.8. The van der Waals surface area contributed by atoms with Crippen molar-refractivity contribution in [2.24, 2.45) is 5.92 Å². The van der Waals surface area contributed by atoms with Crippen LogP contribution in [0.5, 0.6) is 5.75 Å². The Bertz CT molecular complexity index is 858. The van der Waals surface area contributed by atoms with Crippen molar-refractivity contribution in [3.8, 4) is 5.75 Å². The predicted molar refractivity (Wildman–Crippen MR) is 94.2 cm³/mol. The largest absolute Gasteiger partial charge is 0.493 e. The standard InChI is InChI=1S/C19H19FN4O/c20-15-3-4-17-18(10-15)22-13-23-19(17)24-9-1-2-14(11-24)12-25-16-5-7-21-8-6-16/h3-8,10,13-14H,1-2,9,11-12H2. The summed E-state index contributed by atoms with van der Waals surface area (Å²) in [7, 11) is 0. The number of halogens is 1. The Morgan fingerprint density at radius 1 is 1.16 bits per heavy atom. The van der Waals surface area contributed by atoms with Crippen LogP contribution in [0.2, 0.25) is 0 Å². The van der Waals surface area contributed by atoms with Gasteiger partial charge in [-0.05, 0) is 37.1 Å². The second-order valence-corrected chi connectivity index (χ2v) is 6.31. The number of anilines is 1. The van der Waals surface area contributed by atoms with Gasteiger partial charge in [-0.15, -0.1) is 0 Å². The summed E-state index contributed by atoms with van der Waals surface area (Å²) in [6.45, 7) is 2.47. The number of rotatable bonds is 4. The van der Waals surface area contributed by atoms with E-state index in [0.717, 1.165) is 42.9 Å². The molecular formula is C19H19FN4O. The molecule has 5 nitrogen and oxygen atoms in total. The fourth-order valence-corrected chi connectivity index (χ4v) is 3.31. The first-order chi connectivity index (χ1) is 12.3. The minimum absolute atomic E-state index is 0.278. The number of nitrogens with zero attached hydrogens (tertiary/aromatic N) is 4. The number of pyridine rings is 1. The minimum Gasteiger partial charge on any atom is -0.493 e. The van der Waals surface area contributed by atoms with Crippen LogP contribution in [0.1, 0.15) is 12.8 Å². The van der Waals surface area contributed by atoms with Gasteiger partial charge in [0.25, 0.3) is 0 Å². The topological polar surface area (TPSA) is 51.1 Å². The van der Waals surface area contributed by atoms with Crippen molar-refractivity contribution in [3.05, 3.63) is 54.9 Å². The van der Waals surface area contributed by atoms with Crippen LogP contribution < -0.4 is 9.64 Å². The molecule has 25 heavy (non-hydrogen) atoms. The molecule has 3 heterocycles. The van der Waals surface area contributed by atoms with Gasteiger partial charge in [-0.3, -0.25) is 4.98 Å². The molecule has 0 aliphatic carbocycles. The molecule has 128 valence electrons. The third-order valence-corrected chi connectivity index (χ3v) is 4.53. The number of aromatic nitrogens is 3. The summed E-state index contributed by atoms with van der Waals surface area (Å²) in [6, 6.07) is 8.41. The SMILES string of the molecule is Fc1ccc2c(N3CCCC(COc4ccncc4)C3)ncnc2c1. The lowest BCUT2D eigenvalue weighted by Gasteiger charge is -2.34. The zero-order chi connectivity index (χ0) is 17.1. The van der Waals surface area contributed by atoms with Gasteiger partial charge in [0, 0.05) is 42.9 Å². The molecule has 1 aliphatic rings. The second kappa shape index (κ2) is 7.01. The molecule has 0 bridgehead atoms. The van der Waals surface area contributed by atoms with Gasteiger partial charge in [0.15, 0.2) is 0 Å². The molecule has 1 aromatic carbocycles. The molecule has 3 aromatic rings. The molecule has 0 amide bonds. The Morgan fingerprint density at radius 3 is 2.92 bits per heavy atom. The van der Waals surface area contributed by atoms with Crippen molar-refractivity contribution in [1.29, 1.82) is 0 Å². The molecule has 1 saturated heterocycles. The van der Waals surface area contributed by atoms with E-state index in [1.807, 2.05) is 12.1 Å². The fraction of sp³-hybridized carbons (Fsp3) is 0.316. The maximum Gasteiger partial charge on any atom is 0.139 e. The van der Waals surface area contributed by atoms with Gasteiger partial charge in [0.1, 0.15) is 23.7 Å². The monoisotopic (exact) mass is 338 g/mol. The average molecular weight is 338 g/mol. The Balaban J connectivity index is 1.49. The van der Waals surface area contributed by atoms with Crippen LogP contribution in [0.15, 0.2) is 49.1 Å². The molecule has 2 aromatic heterocycles. The van der Waals surface area contributed by atoms with Crippen LogP contribution in [0.4, 0.5) is 10.2 Å². The lowest BCUT2D eigenvalue weighted by molar-refractivity contribution is 0.228. The molecule has 0 radical (unpaired) electrons. The van der Waals surface area contributed by atoms with Gasteiger partial charge in [0.05, 0.1) is 12.1 Å². The van der Waals surface area contributed by atoms with Crippen LogP contribution in [0.3, 0.4) is 0 Å². The highest BCUT2D eigenvalue weighted by atomic mass is 19.1. The second-order valence-electron chi connectivity index (χ2n) is 6.31. The van der Waals surface area contributed by atoms with E-state index in [1.54, 1.807) is 18.5 Å². The molecule has 6 heteroatoms. The van der Waals surface area contributed by atoms with Crippen LogP contribution in [0, 0.1) is 11.7 Å². The highest BCUT2D eigenvalue weighted by Gasteiger charge is 2.23. The van der Waals surface area contributed by atoms with E-state index in [2.05, 4.69) is 19.9 Å². The molecule has 0 N–H and O–H groups in total. The first-order valence-corrected chi connectivity index (χ1v) is 8.47. The summed E-state index contributed by atoms with van der Waals surface area (Å²) in [5, 5.41) is 0.889. The number of piperidine rings is 1. The van der Waals surface area contributed by atoms with Gasteiger partial charge >= 0.3 is 0 Å². The van der Waals surface area contributed by atoms with Crippen molar-refractivity contribution in [3.63, 3.8) is 0 Å². The zero-order valence-electron chi connectivity index (χ0n) is 13.8. The van der Waals surface area contributed by atoms with E-state index in [-0.39, 0.29) is 5.82 Å². The lowest BCUT2D eigenvalue weighted by Crippen LogP contribution is -2.38. The minimum atomic E-state index is -0.278. The molecule has 1 aliphatic heterocycles. The van der Waals surface area contributed by atoms with E-state index in [4.69, 9.17) is 4.74 Å². The molecule has 4 rings (SSSR count). The van der Waals surface area contributed by atoms with Gasteiger partial charge < -0.3 is 9.64 Å². The normalized spacial score (nSPS) is 17.6. The number of hydrogen-bond donors (Lipinski definition) is 0. The summed E-state index contributed by atoms with van der Waals surface area (Å²) in [4.78, 5) is 14.9. The smallest absolute Gasteiger partial charge is 0.139 e. The summed E-state index contributed by atoms with van der Waals surface area (Å²) in [6.07, 6.45) is 7.17. The van der Waals surface area contributed by atoms with Crippen molar-refractivity contribution >= 4 is 16.7 Å². The Hall–Kier alpha value is -2.76. The van der Waals surface area contributed by atoms with E-state index in [0.29, 0.717) is 18.0 Å². The molecule has 1 fully saturated rings. The summed E-state index contributed by atoms with van der Waals surface area (Å²) in [5.74, 6) is 1.86. The summed E-state index contributed by atoms with van der Waals surface area (Å²) < 4.78 is 19.3. The van der Waals surface area contributed by atoms with E-state index >= 15 is 0 Å². The van der Waals surface area contributed by atoms with Crippen LogP contribution >= 0.6 is 0 Å². The van der Waals surface area contributed by atoms with Crippen molar-refractivity contribution in [1.82, 2.24) is 15.0 Å². The van der Waals surface area contributed by atoms with E-state index in [9.17, 15) is 4.39 Å². The lowest BCUT2D eigenvalue weighted by atomic mass is 9.98. The van der Waals surface area contributed by atoms with Gasteiger partial charge in [-0.2, -0.15) is 0 Å². The van der Waals surface area contributed by atoms with Crippen molar-refractivity contribution in [2.75, 3.05) is 24.6 Å². The van der Waals surface area contributed by atoms with E-state index < -0.39 is 0 Å². The van der Waals surface area contributed by atoms with Crippen LogP contribution in [0.25, 0.3) is 10.9 Å². The highest BCUT2D eigenvalue weighted by molar-refractivity contribution is 5.89. The summed E-state index contributed by atoms with van der Waals surface area (Å²) in [5.41, 5.74) is 0.639. The molecule has 0 spiro atoms. The van der Waals surface area contributed by atoms with Crippen LogP contribution in [-0.2, 0) is 0 Å². The highest BCUT2D eigenvalue weighted by Crippen LogP contribution is 2.28. The number of fused-ring (bicyclic) bond motifs is 1. The number of ether oxygens (including phenoxy) is 1. The predicted octanol–water partition coefficient (Wildman–Crippen LogP) is 3.46. The third-order valence-electron chi connectivity index (χ3n) is 4.53. The summed E-state index contributed by atoms with van der Waals surface area (Å²) >= 11 is 0. The van der Waals surface area contributed by atoms with E-state index in [1.165, 1.54) is 18.5 Å². The maximum absolute atomic E-state index is 13.4. The first-order valence-electron chi connectivity index (χ1n) is 8.47. The Kier molecular flexibility index (Phi) is 4.41. The Labute approximate surface area is 145 Å². The fourth-order valence-electron chi connectivity index (χ4n) is 3.31. The Morgan fingerprint density at radius 2 is 2.04 bits per heavy atom.